The highest BCUT2D eigenvalue weighted by Gasteiger charge is 2.28. The van der Waals surface area contributed by atoms with E-state index in [0.717, 1.165) is 18.5 Å². The molecular weight excluding hydrogens is 418 g/mol. The Hall–Kier alpha value is -3.32. The second kappa shape index (κ2) is 8.56. The fourth-order valence-corrected chi connectivity index (χ4v) is 4.84. The van der Waals surface area contributed by atoms with E-state index in [9.17, 15) is 9.59 Å². The summed E-state index contributed by atoms with van der Waals surface area (Å²) < 4.78 is 11.9. The predicted molar refractivity (Wildman–Crippen MR) is 129 cm³/mol. The first-order valence-corrected chi connectivity index (χ1v) is 11.4. The van der Waals surface area contributed by atoms with Crippen molar-refractivity contribution in [2.24, 2.45) is 0 Å². The molecule has 1 atom stereocenters. The van der Waals surface area contributed by atoms with Crippen molar-refractivity contribution in [3.8, 4) is 0 Å². The van der Waals surface area contributed by atoms with E-state index in [1.807, 2.05) is 17.0 Å². The smallest absolute Gasteiger partial charge is 0.253 e. The summed E-state index contributed by atoms with van der Waals surface area (Å²) in [6, 6.07) is 13.4. The van der Waals surface area contributed by atoms with Gasteiger partial charge in [0.1, 0.15) is 5.58 Å². The van der Waals surface area contributed by atoms with Gasteiger partial charge in [-0.25, -0.2) is 0 Å². The Kier molecular flexibility index (Phi) is 5.58. The van der Waals surface area contributed by atoms with Gasteiger partial charge in [0.25, 0.3) is 5.91 Å². The fraction of sp³-hybridized carbons (Fsp3) is 0.385. The summed E-state index contributed by atoms with van der Waals surface area (Å²) in [7, 11) is 3.44. The number of amides is 1. The van der Waals surface area contributed by atoms with Crippen molar-refractivity contribution in [3.05, 3.63) is 69.4 Å². The molecule has 7 nitrogen and oxygen atoms in total. The van der Waals surface area contributed by atoms with Gasteiger partial charge in [-0.1, -0.05) is 18.2 Å². The molecule has 33 heavy (non-hydrogen) atoms. The van der Waals surface area contributed by atoms with Gasteiger partial charge in [-0.3, -0.25) is 9.59 Å². The number of nitrogens with zero attached hydrogens (tertiary/aromatic N) is 3. The molecule has 0 N–H and O–H groups in total. The highest BCUT2D eigenvalue weighted by Crippen LogP contribution is 2.38. The molecule has 0 aliphatic carbocycles. The lowest BCUT2D eigenvalue weighted by Gasteiger charge is -2.30. The Bertz CT molecular complexity index is 1260. The van der Waals surface area contributed by atoms with Gasteiger partial charge in [-0.05, 0) is 37.1 Å². The summed E-state index contributed by atoms with van der Waals surface area (Å²) in [6.07, 6.45) is 0.970. The molecule has 1 fully saturated rings. The van der Waals surface area contributed by atoms with Crippen molar-refractivity contribution in [1.29, 1.82) is 0 Å². The van der Waals surface area contributed by atoms with Crippen LogP contribution in [-0.4, -0.2) is 57.8 Å². The normalized spacial score (nSPS) is 16.7. The Morgan fingerprint density at radius 1 is 1.06 bits per heavy atom. The molecule has 3 aromatic rings. The van der Waals surface area contributed by atoms with Crippen molar-refractivity contribution in [1.82, 2.24) is 4.90 Å². The number of morpholine rings is 1. The molecule has 5 rings (SSSR count). The van der Waals surface area contributed by atoms with Crippen molar-refractivity contribution in [2.45, 2.75) is 19.4 Å². The second-order valence-electron chi connectivity index (χ2n) is 8.94. The number of hydrogen-bond donors (Lipinski definition) is 0. The van der Waals surface area contributed by atoms with Crippen LogP contribution in [0.25, 0.3) is 11.0 Å². The van der Waals surface area contributed by atoms with Gasteiger partial charge in [0, 0.05) is 56.6 Å². The SMILES string of the molecule is CC(c1cc(C(=O)N(C)C)cc2c(=O)cc(N3CCOCC3)oc12)N1CCc2ccccc21. The van der Waals surface area contributed by atoms with Crippen LogP contribution in [-0.2, 0) is 11.2 Å². The third-order valence-corrected chi connectivity index (χ3v) is 6.66. The van der Waals surface area contributed by atoms with Crippen LogP contribution in [0.3, 0.4) is 0 Å². The van der Waals surface area contributed by atoms with E-state index in [1.165, 1.54) is 22.2 Å². The molecule has 172 valence electrons. The lowest BCUT2D eigenvalue weighted by atomic mass is 9.99. The van der Waals surface area contributed by atoms with Gasteiger partial charge in [0.05, 0.1) is 24.6 Å². The van der Waals surface area contributed by atoms with E-state index in [1.54, 1.807) is 20.2 Å². The monoisotopic (exact) mass is 447 g/mol. The molecule has 0 saturated carbocycles. The van der Waals surface area contributed by atoms with Gasteiger partial charge < -0.3 is 23.9 Å². The first-order chi connectivity index (χ1) is 15.9. The number of benzene rings is 2. The first-order valence-electron chi connectivity index (χ1n) is 11.4. The van der Waals surface area contributed by atoms with Gasteiger partial charge in [0.2, 0.25) is 0 Å². The minimum absolute atomic E-state index is 0.0749. The van der Waals surface area contributed by atoms with Gasteiger partial charge in [0.15, 0.2) is 11.3 Å². The zero-order valence-electron chi connectivity index (χ0n) is 19.3. The number of hydrogen-bond acceptors (Lipinski definition) is 6. The van der Waals surface area contributed by atoms with Crippen molar-refractivity contribution < 1.29 is 13.9 Å². The number of rotatable bonds is 4. The van der Waals surface area contributed by atoms with E-state index in [2.05, 4.69) is 30.0 Å². The van der Waals surface area contributed by atoms with Gasteiger partial charge in [-0.15, -0.1) is 0 Å². The van der Waals surface area contributed by atoms with Crippen LogP contribution >= 0.6 is 0 Å². The highest BCUT2D eigenvalue weighted by molar-refractivity contribution is 5.98. The maximum atomic E-state index is 13.2. The van der Waals surface area contributed by atoms with E-state index in [0.29, 0.717) is 48.7 Å². The molecule has 7 heteroatoms. The number of carbonyl (C=O) groups is 1. The molecular formula is C26H29N3O4. The average Bonchev–Trinajstić information content (AvgIpc) is 3.27. The topological polar surface area (TPSA) is 66.2 Å². The molecule has 0 spiro atoms. The summed E-state index contributed by atoms with van der Waals surface area (Å²) in [5, 5.41) is 0.439. The van der Waals surface area contributed by atoms with Crippen molar-refractivity contribution in [2.75, 3.05) is 56.7 Å². The molecule has 2 aliphatic heterocycles. The molecule has 0 radical (unpaired) electrons. The van der Waals surface area contributed by atoms with Gasteiger partial charge >= 0.3 is 0 Å². The van der Waals surface area contributed by atoms with E-state index in [-0.39, 0.29) is 17.4 Å². The molecule has 1 amide bonds. The summed E-state index contributed by atoms with van der Waals surface area (Å²) in [4.78, 5) is 32.0. The summed E-state index contributed by atoms with van der Waals surface area (Å²) >= 11 is 0. The standard InChI is InChI=1S/C26H29N3O4/c1-17(29-9-8-18-6-4-5-7-22(18)29)20-14-19(26(31)27(2)3)15-21-23(30)16-24(33-25(20)21)28-10-12-32-13-11-28/h4-7,14-17H,8-13H2,1-3H3. The predicted octanol–water partition coefficient (Wildman–Crippen LogP) is 3.46. The number of para-hydroxylation sites is 1. The molecule has 0 bridgehead atoms. The average molecular weight is 448 g/mol. The molecule has 1 unspecified atom stereocenters. The lowest BCUT2D eigenvalue weighted by Crippen LogP contribution is -2.36. The highest BCUT2D eigenvalue weighted by atomic mass is 16.5. The van der Waals surface area contributed by atoms with E-state index >= 15 is 0 Å². The van der Waals surface area contributed by atoms with E-state index < -0.39 is 0 Å². The van der Waals surface area contributed by atoms with Crippen LogP contribution in [0.4, 0.5) is 11.6 Å². The van der Waals surface area contributed by atoms with Crippen LogP contribution in [0.5, 0.6) is 0 Å². The Labute approximate surface area is 193 Å². The molecule has 1 saturated heterocycles. The number of anilines is 2. The largest absolute Gasteiger partial charge is 0.440 e. The maximum Gasteiger partial charge on any atom is 0.253 e. The van der Waals surface area contributed by atoms with Crippen LogP contribution < -0.4 is 15.2 Å². The first kappa shape index (κ1) is 21.5. The Morgan fingerprint density at radius 2 is 1.82 bits per heavy atom. The lowest BCUT2D eigenvalue weighted by molar-refractivity contribution is 0.0827. The minimum atomic E-state index is -0.138. The van der Waals surface area contributed by atoms with Gasteiger partial charge in [-0.2, -0.15) is 0 Å². The van der Waals surface area contributed by atoms with Crippen molar-refractivity contribution >= 4 is 28.4 Å². The number of ether oxygens (including phenoxy) is 1. The maximum absolute atomic E-state index is 13.2. The molecule has 1 aromatic heterocycles. The quantitative estimate of drug-likeness (QED) is 0.610. The van der Waals surface area contributed by atoms with Crippen molar-refractivity contribution in [3.63, 3.8) is 0 Å². The van der Waals surface area contributed by atoms with Crippen LogP contribution in [0, 0.1) is 0 Å². The minimum Gasteiger partial charge on any atom is -0.440 e. The third-order valence-electron chi connectivity index (χ3n) is 6.66. The summed E-state index contributed by atoms with van der Waals surface area (Å²) in [5.41, 5.74) is 4.26. The van der Waals surface area contributed by atoms with E-state index in [4.69, 9.17) is 9.15 Å². The van der Waals surface area contributed by atoms with Crippen LogP contribution in [0.1, 0.15) is 34.5 Å². The number of carbonyl (C=O) groups excluding carboxylic acids is 1. The zero-order valence-corrected chi connectivity index (χ0v) is 19.3. The fourth-order valence-electron chi connectivity index (χ4n) is 4.84. The summed E-state index contributed by atoms with van der Waals surface area (Å²) in [6.45, 7) is 5.55. The summed E-state index contributed by atoms with van der Waals surface area (Å²) in [5.74, 6) is 0.418. The third kappa shape index (κ3) is 3.86. The molecule has 2 aromatic carbocycles. The number of fused-ring (bicyclic) bond motifs is 2. The zero-order chi connectivity index (χ0) is 23.1. The Balaban J connectivity index is 1.68. The molecule has 2 aliphatic rings. The molecule has 3 heterocycles. The van der Waals surface area contributed by atoms with Crippen LogP contribution in [0.2, 0.25) is 0 Å². The Morgan fingerprint density at radius 3 is 2.58 bits per heavy atom. The van der Waals surface area contributed by atoms with Crippen LogP contribution in [0.15, 0.2) is 51.7 Å². The second-order valence-corrected chi connectivity index (χ2v) is 8.94.